The number of para-hydroxylation sites is 1. The van der Waals surface area contributed by atoms with Crippen LogP contribution in [-0.4, -0.2) is 22.8 Å². The van der Waals surface area contributed by atoms with Crippen molar-refractivity contribution in [1.29, 1.82) is 0 Å². The van der Waals surface area contributed by atoms with E-state index in [0.29, 0.717) is 15.7 Å². The van der Waals surface area contributed by atoms with E-state index < -0.39 is 23.4 Å². The van der Waals surface area contributed by atoms with Gasteiger partial charge in [0.1, 0.15) is 0 Å². The van der Waals surface area contributed by atoms with Gasteiger partial charge in [0, 0.05) is 16.6 Å². The molecular formula is C14H9ClN4O3S. The predicted octanol–water partition coefficient (Wildman–Crippen LogP) is 1.38. The number of amides is 4. The molecule has 0 bridgehead atoms. The lowest BCUT2D eigenvalue weighted by molar-refractivity contribution is -0.134. The summed E-state index contributed by atoms with van der Waals surface area (Å²) in [6.45, 7) is 0.227. The van der Waals surface area contributed by atoms with Crippen LogP contribution in [0.4, 0.5) is 10.5 Å². The number of halogens is 1. The maximum atomic E-state index is 13.0. The number of aromatic nitrogens is 1. The second-order valence-electron chi connectivity index (χ2n) is 5.15. The molecule has 0 aliphatic carbocycles. The third kappa shape index (κ3) is 1.88. The van der Waals surface area contributed by atoms with Gasteiger partial charge in [-0.15, -0.1) is 11.3 Å². The topological polar surface area (TPSA) is 91.4 Å². The molecule has 1 aromatic heterocycles. The molecule has 1 fully saturated rings. The van der Waals surface area contributed by atoms with E-state index in [9.17, 15) is 14.4 Å². The van der Waals surface area contributed by atoms with Crippen molar-refractivity contribution in [2.24, 2.45) is 0 Å². The zero-order valence-corrected chi connectivity index (χ0v) is 13.1. The molecule has 2 aliphatic rings. The summed E-state index contributed by atoms with van der Waals surface area (Å²) in [5.41, 5.74) is -0.648. The third-order valence-electron chi connectivity index (χ3n) is 3.87. The van der Waals surface area contributed by atoms with Crippen LogP contribution in [0, 0.1) is 0 Å². The summed E-state index contributed by atoms with van der Waals surface area (Å²) in [6, 6.07) is 6.21. The first-order valence-electron chi connectivity index (χ1n) is 6.67. The first kappa shape index (κ1) is 14.2. The van der Waals surface area contributed by atoms with Gasteiger partial charge in [-0.25, -0.2) is 9.78 Å². The van der Waals surface area contributed by atoms with Gasteiger partial charge in [0.2, 0.25) is 5.54 Å². The van der Waals surface area contributed by atoms with E-state index >= 15 is 0 Å². The summed E-state index contributed by atoms with van der Waals surface area (Å²) in [5, 5.41) is 4.62. The Labute approximate surface area is 139 Å². The molecule has 7 nitrogen and oxygen atoms in total. The number of benzene rings is 1. The van der Waals surface area contributed by atoms with Crippen molar-refractivity contribution in [2.45, 2.75) is 12.1 Å². The number of carbonyl (C=O) groups is 3. The second-order valence-corrected chi connectivity index (χ2v) is 6.84. The van der Waals surface area contributed by atoms with Gasteiger partial charge in [0.25, 0.3) is 11.8 Å². The van der Waals surface area contributed by atoms with Crippen LogP contribution >= 0.6 is 22.9 Å². The average Bonchev–Trinajstić information content (AvgIpc) is 3.13. The number of hydrogen-bond acceptors (Lipinski definition) is 5. The Hall–Kier alpha value is -2.45. The number of carbonyl (C=O) groups excluding carboxylic acids is 3. The van der Waals surface area contributed by atoms with Crippen LogP contribution in [0.5, 0.6) is 0 Å². The Morgan fingerprint density at radius 2 is 2.04 bits per heavy atom. The van der Waals surface area contributed by atoms with Gasteiger partial charge >= 0.3 is 6.03 Å². The fourth-order valence-electron chi connectivity index (χ4n) is 2.92. The third-order valence-corrected chi connectivity index (χ3v) is 4.97. The Morgan fingerprint density at radius 3 is 2.70 bits per heavy atom. The van der Waals surface area contributed by atoms with E-state index in [1.165, 1.54) is 16.2 Å². The highest BCUT2D eigenvalue weighted by atomic mass is 35.5. The smallest absolute Gasteiger partial charge is 0.312 e. The van der Waals surface area contributed by atoms with Crippen LogP contribution in [0.3, 0.4) is 0 Å². The molecule has 2 aliphatic heterocycles. The number of thiazole rings is 1. The number of imide groups is 1. The quantitative estimate of drug-likeness (QED) is 0.633. The molecule has 2 N–H and O–H groups in total. The Kier molecular flexibility index (Phi) is 2.94. The number of rotatable bonds is 2. The van der Waals surface area contributed by atoms with Crippen molar-refractivity contribution >= 4 is 46.5 Å². The molecule has 1 unspecified atom stereocenters. The molecule has 9 heteroatoms. The molecular weight excluding hydrogens is 340 g/mol. The predicted molar refractivity (Wildman–Crippen MR) is 83.1 cm³/mol. The van der Waals surface area contributed by atoms with Crippen molar-refractivity contribution in [3.8, 4) is 0 Å². The second kappa shape index (κ2) is 4.77. The zero-order valence-electron chi connectivity index (χ0n) is 11.5. The lowest BCUT2D eigenvalue weighted by atomic mass is 9.92. The minimum Gasteiger partial charge on any atom is -0.312 e. The maximum Gasteiger partial charge on any atom is 0.323 e. The molecule has 4 amide bonds. The normalized spacial score (nSPS) is 22.5. The first-order chi connectivity index (χ1) is 11.0. The molecule has 1 aromatic carbocycles. The molecule has 2 aromatic rings. The molecule has 0 saturated carbocycles. The number of nitrogens with one attached hydrogen (secondary N) is 2. The number of urea groups is 1. The van der Waals surface area contributed by atoms with Crippen LogP contribution in [-0.2, 0) is 21.7 Å². The number of hydrogen-bond donors (Lipinski definition) is 2. The van der Waals surface area contributed by atoms with Crippen LogP contribution in [0.25, 0.3) is 0 Å². The van der Waals surface area contributed by atoms with E-state index in [-0.39, 0.29) is 6.54 Å². The van der Waals surface area contributed by atoms with E-state index in [1.807, 2.05) is 0 Å². The molecule has 23 heavy (non-hydrogen) atoms. The Bertz CT molecular complexity index is 867. The summed E-state index contributed by atoms with van der Waals surface area (Å²) in [6.07, 6.45) is 1.58. The number of anilines is 1. The highest BCUT2D eigenvalue weighted by Crippen LogP contribution is 2.42. The zero-order chi connectivity index (χ0) is 16.2. The van der Waals surface area contributed by atoms with Gasteiger partial charge in [0.15, 0.2) is 4.47 Å². The van der Waals surface area contributed by atoms with E-state index in [0.717, 1.165) is 4.88 Å². The van der Waals surface area contributed by atoms with Crippen molar-refractivity contribution in [3.63, 3.8) is 0 Å². The summed E-state index contributed by atoms with van der Waals surface area (Å²) in [4.78, 5) is 43.1. The minimum absolute atomic E-state index is 0.227. The lowest BCUT2D eigenvalue weighted by Crippen LogP contribution is -2.52. The summed E-state index contributed by atoms with van der Waals surface area (Å²) in [7, 11) is 0. The van der Waals surface area contributed by atoms with E-state index in [2.05, 4.69) is 15.6 Å². The van der Waals surface area contributed by atoms with E-state index in [4.69, 9.17) is 11.6 Å². The number of fused-ring (bicyclic) bond motifs is 2. The maximum absolute atomic E-state index is 13.0. The molecule has 1 atom stereocenters. The lowest BCUT2D eigenvalue weighted by Gasteiger charge is -2.20. The van der Waals surface area contributed by atoms with E-state index in [1.54, 1.807) is 30.5 Å². The van der Waals surface area contributed by atoms with Gasteiger partial charge in [0.05, 0.1) is 12.2 Å². The van der Waals surface area contributed by atoms with Crippen molar-refractivity contribution in [1.82, 2.24) is 15.6 Å². The van der Waals surface area contributed by atoms with Gasteiger partial charge in [-0.05, 0) is 6.07 Å². The molecule has 116 valence electrons. The highest BCUT2D eigenvalue weighted by Gasteiger charge is 2.61. The highest BCUT2D eigenvalue weighted by molar-refractivity contribution is 7.15. The van der Waals surface area contributed by atoms with Crippen LogP contribution in [0.15, 0.2) is 30.5 Å². The average molecular weight is 349 g/mol. The molecule has 0 radical (unpaired) electrons. The van der Waals surface area contributed by atoms with Crippen molar-refractivity contribution < 1.29 is 14.4 Å². The van der Waals surface area contributed by atoms with Crippen LogP contribution in [0.2, 0.25) is 4.47 Å². The SMILES string of the molecule is O=C1NC(=O)C2(N1)C(=O)N(Cc1cnc(Cl)s1)c1ccccc12. The van der Waals surface area contributed by atoms with Crippen LogP contribution in [0.1, 0.15) is 10.4 Å². The van der Waals surface area contributed by atoms with Gasteiger partial charge in [-0.1, -0.05) is 29.8 Å². The fourth-order valence-corrected chi connectivity index (χ4v) is 3.89. The molecule has 1 spiro atoms. The summed E-state index contributed by atoms with van der Waals surface area (Å²) < 4.78 is 0.376. The number of nitrogens with zero attached hydrogens (tertiary/aromatic N) is 2. The summed E-state index contributed by atoms with van der Waals surface area (Å²) >= 11 is 7.08. The monoisotopic (exact) mass is 348 g/mol. The fraction of sp³-hybridized carbons (Fsp3) is 0.143. The Balaban J connectivity index is 1.82. The molecule has 1 saturated heterocycles. The largest absolute Gasteiger partial charge is 0.323 e. The Morgan fingerprint density at radius 1 is 1.26 bits per heavy atom. The van der Waals surface area contributed by atoms with Gasteiger partial charge < -0.3 is 10.2 Å². The van der Waals surface area contributed by atoms with Crippen molar-refractivity contribution in [3.05, 3.63) is 45.4 Å². The van der Waals surface area contributed by atoms with Gasteiger partial charge in [-0.3, -0.25) is 14.9 Å². The van der Waals surface area contributed by atoms with Gasteiger partial charge in [-0.2, -0.15) is 0 Å². The molecule has 3 heterocycles. The minimum atomic E-state index is -1.69. The van der Waals surface area contributed by atoms with Crippen molar-refractivity contribution in [2.75, 3.05) is 4.90 Å². The standard InChI is InChI=1S/C14H9ClN4O3S/c15-12-16-5-7(23-12)6-19-9-4-2-1-3-8(9)14(11(19)21)10(20)17-13(22)18-14/h1-5H,6H2,(H2,17,18,20,22). The van der Waals surface area contributed by atoms with Crippen LogP contribution < -0.4 is 15.5 Å². The first-order valence-corrected chi connectivity index (χ1v) is 7.87. The summed E-state index contributed by atoms with van der Waals surface area (Å²) in [5.74, 6) is -1.16. The molecule has 4 rings (SSSR count).